The molecule has 0 aromatic heterocycles. The van der Waals surface area contributed by atoms with E-state index in [4.69, 9.17) is 0 Å². The highest BCUT2D eigenvalue weighted by molar-refractivity contribution is 14.0. The molecule has 1 aromatic carbocycles. The Hall–Kier alpha value is -0.430. The van der Waals surface area contributed by atoms with Gasteiger partial charge in [-0.3, -0.25) is 4.99 Å². The van der Waals surface area contributed by atoms with E-state index >= 15 is 0 Å². The molecule has 1 aromatic rings. The molecule has 1 atom stereocenters. The fourth-order valence-electron chi connectivity index (χ4n) is 3.45. The Morgan fingerprint density at radius 1 is 1.22 bits per heavy atom. The van der Waals surface area contributed by atoms with E-state index in [1.165, 1.54) is 43.4 Å². The summed E-state index contributed by atoms with van der Waals surface area (Å²) >= 11 is 2.09. The zero-order chi connectivity index (χ0) is 15.3. The minimum absolute atomic E-state index is 0. The van der Waals surface area contributed by atoms with E-state index < -0.39 is 0 Å². The molecule has 3 nitrogen and oxygen atoms in total. The van der Waals surface area contributed by atoms with Crippen molar-refractivity contribution in [1.29, 1.82) is 0 Å². The summed E-state index contributed by atoms with van der Waals surface area (Å²) in [5, 5.41) is 7.82. The van der Waals surface area contributed by atoms with Crippen LogP contribution >= 0.6 is 35.7 Å². The number of aliphatic imine (C=N–C) groups is 1. The lowest BCUT2D eigenvalue weighted by Gasteiger charge is -2.43. The quantitative estimate of drug-likeness (QED) is 0.412. The molecule has 1 heterocycles. The van der Waals surface area contributed by atoms with E-state index in [-0.39, 0.29) is 24.0 Å². The number of nitrogens with one attached hydrogen (secondary N) is 2. The van der Waals surface area contributed by atoms with E-state index in [0.717, 1.165) is 24.3 Å². The first-order valence-corrected chi connectivity index (χ1v) is 9.49. The average molecular weight is 445 g/mol. The Morgan fingerprint density at radius 2 is 2.00 bits per heavy atom. The summed E-state index contributed by atoms with van der Waals surface area (Å²) in [6, 6.07) is 10.9. The standard InChI is InChI=1S/C18H27N3S.HI/c1-19-17(20-13-16-9-5-12-22-16)21-14-18(10-6-11-18)15-7-3-2-4-8-15;/h2-4,7-8,16H,5-6,9-14H2,1H3,(H2,19,20,21);1H. The molecule has 1 saturated carbocycles. The topological polar surface area (TPSA) is 36.4 Å². The zero-order valence-corrected chi connectivity index (χ0v) is 17.0. The van der Waals surface area contributed by atoms with E-state index in [1.54, 1.807) is 0 Å². The van der Waals surface area contributed by atoms with Crippen LogP contribution in [-0.4, -0.2) is 37.1 Å². The molecule has 1 unspecified atom stereocenters. The van der Waals surface area contributed by atoms with Crippen LogP contribution in [0.2, 0.25) is 0 Å². The minimum Gasteiger partial charge on any atom is -0.356 e. The average Bonchev–Trinajstić information content (AvgIpc) is 3.03. The molecule has 0 bridgehead atoms. The van der Waals surface area contributed by atoms with E-state index in [0.29, 0.717) is 5.41 Å². The number of hydrogen-bond donors (Lipinski definition) is 2. The maximum absolute atomic E-state index is 4.39. The molecule has 2 N–H and O–H groups in total. The van der Waals surface area contributed by atoms with Gasteiger partial charge in [0, 0.05) is 30.8 Å². The van der Waals surface area contributed by atoms with Crippen LogP contribution in [0.5, 0.6) is 0 Å². The number of halogens is 1. The van der Waals surface area contributed by atoms with Crippen molar-refractivity contribution >= 4 is 41.7 Å². The van der Waals surface area contributed by atoms with Gasteiger partial charge in [0.2, 0.25) is 0 Å². The van der Waals surface area contributed by atoms with Gasteiger partial charge in [0.1, 0.15) is 0 Å². The maximum atomic E-state index is 4.39. The Labute approximate surface area is 161 Å². The van der Waals surface area contributed by atoms with Crippen molar-refractivity contribution in [2.24, 2.45) is 4.99 Å². The lowest BCUT2D eigenvalue weighted by Crippen LogP contribution is -2.49. The number of benzene rings is 1. The van der Waals surface area contributed by atoms with Gasteiger partial charge in [0.25, 0.3) is 0 Å². The second kappa shape index (κ2) is 9.16. The third-order valence-corrected chi connectivity index (χ3v) is 6.43. The van der Waals surface area contributed by atoms with Gasteiger partial charge in [-0.25, -0.2) is 0 Å². The van der Waals surface area contributed by atoms with Gasteiger partial charge in [-0.2, -0.15) is 11.8 Å². The number of rotatable bonds is 5. The second-order valence-electron chi connectivity index (χ2n) is 6.44. The molecule has 128 valence electrons. The smallest absolute Gasteiger partial charge is 0.191 e. The summed E-state index contributed by atoms with van der Waals surface area (Å²) in [7, 11) is 1.87. The summed E-state index contributed by atoms with van der Waals surface area (Å²) in [6.07, 6.45) is 6.59. The minimum atomic E-state index is 0. The molecule has 1 aliphatic carbocycles. The predicted octanol–water partition coefficient (Wildman–Crippen LogP) is 3.79. The summed E-state index contributed by atoms with van der Waals surface area (Å²) < 4.78 is 0. The van der Waals surface area contributed by atoms with Crippen molar-refractivity contribution in [3.8, 4) is 0 Å². The molecule has 1 aliphatic heterocycles. The first kappa shape index (κ1) is 18.9. The van der Waals surface area contributed by atoms with Crippen molar-refractivity contribution in [3.05, 3.63) is 35.9 Å². The van der Waals surface area contributed by atoms with Crippen LogP contribution in [0.25, 0.3) is 0 Å². The molecule has 2 aliphatic rings. The third kappa shape index (κ3) is 4.78. The fraction of sp³-hybridized carbons (Fsp3) is 0.611. The van der Waals surface area contributed by atoms with Gasteiger partial charge in [-0.15, -0.1) is 24.0 Å². The predicted molar refractivity (Wildman–Crippen MR) is 112 cm³/mol. The molecule has 0 spiro atoms. The molecule has 5 heteroatoms. The van der Waals surface area contributed by atoms with Crippen LogP contribution in [-0.2, 0) is 5.41 Å². The van der Waals surface area contributed by atoms with Crippen molar-refractivity contribution in [2.45, 2.75) is 42.8 Å². The van der Waals surface area contributed by atoms with E-state index in [9.17, 15) is 0 Å². The highest BCUT2D eigenvalue weighted by Crippen LogP contribution is 2.43. The largest absolute Gasteiger partial charge is 0.356 e. The van der Waals surface area contributed by atoms with Crippen molar-refractivity contribution < 1.29 is 0 Å². The Morgan fingerprint density at radius 3 is 2.57 bits per heavy atom. The van der Waals surface area contributed by atoms with Crippen LogP contribution in [0.3, 0.4) is 0 Å². The van der Waals surface area contributed by atoms with Crippen LogP contribution < -0.4 is 10.6 Å². The fourth-order valence-corrected chi connectivity index (χ4v) is 4.65. The Bertz CT molecular complexity index is 496. The first-order chi connectivity index (χ1) is 10.8. The maximum Gasteiger partial charge on any atom is 0.191 e. The van der Waals surface area contributed by atoms with Crippen LogP contribution in [0, 0.1) is 0 Å². The number of thioether (sulfide) groups is 1. The number of nitrogens with zero attached hydrogens (tertiary/aromatic N) is 1. The van der Waals surface area contributed by atoms with E-state index in [2.05, 4.69) is 57.7 Å². The summed E-state index contributed by atoms with van der Waals surface area (Å²) in [6.45, 7) is 2.01. The third-order valence-electron chi connectivity index (χ3n) is 5.04. The second-order valence-corrected chi connectivity index (χ2v) is 7.85. The lowest BCUT2D eigenvalue weighted by molar-refractivity contribution is 0.244. The zero-order valence-electron chi connectivity index (χ0n) is 13.9. The highest BCUT2D eigenvalue weighted by Gasteiger charge is 2.38. The van der Waals surface area contributed by atoms with Crippen molar-refractivity contribution in [3.63, 3.8) is 0 Å². The molecule has 3 rings (SSSR count). The summed E-state index contributed by atoms with van der Waals surface area (Å²) in [4.78, 5) is 4.39. The van der Waals surface area contributed by atoms with Gasteiger partial charge in [-0.1, -0.05) is 36.8 Å². The van der Waals surface area contributed by atoms with Crippen LogP contribution in [0.1, 0.15) is 37.7 Å². The van der Waals surface area contributed by atoms with Gasteiger partial charge in [-0.05, 0) is 37.0 Å². The molecule has 1 saturated heterocycles. The van der Waals surface area contributed by atoms with Crippen LogP contribution in [0.4, 0.5) is 0 Å². The summed E-state index contributed by atoms with van der Waals surface area (Å²) in [5.41, 5.74) is 1.77. The molecular weight excluding hydrogens is 417 g/mol. The van der Waals surface area contributed by atoms with Crippen molar-refractivity contribution in [1.82, 2.24) is 10.6 Å². The van der Waals surface area contributed by atoms with Crippen molar-refractivity contribution in [2.75, 3.05) is 25.9 Å². The number of guanidine groups is 1. The molecule has 0 radical (unpaired) electrons. The van der Waals surface area contributed by atoms with E-state index in [1.807, 2.05) is 7.05 Å². The van der Waals surface area contributed by atoms with Crippen LogP contribution in [0.15, 0.2) is 35.3 Å². The molecule has 2 fully saturated rings. The molecule has 0 amide bonds. The van der Waals surface area contributed by atoms with Gasteiger partial charge in [0.05, 0.1) is 0 Å². The summed E-state index contributed by atoms with van der Waals surface area (Å²) in [5.74, 6) is 2.27. The van der Waals surface area contributed by atoms with Gasteiger partial charge >= 0.3 is 0 Å². The number of hydrogen-bond acceptors (Lipinski definition) is 2. The SMILES string of the molecule is CN=C(NCC1CCCS1)NCC1(c2ccccc2)CCC1.I. The monoisotopic (exact) mass is 445 g/mol. The lowest BCUT2D eigenvalue weighted by atomic mass is 9.64. The molecule has 23 heavy (non-hydrogen) atoms. The Balaban J connectivity index is 0.00000192. The van der Waals surface area contributed by atoms with Gasteiger partial charge < -0.3 is 10.6 Å². The normalized spacial score (nSPS) is 22.8. The molecular formula is C18H28IN3S. The van der Waals surface area contributed by atoms with Gasteiger partial charge in [0.15, 0.2) is 5.96 Å². The first-order valence-electron chi connectivity index (χ1n) is 8.44. The Kier molecular flexibility index (Phi) is 7.53. The highest BCUT2D eigenvalue weighted by atomic mass is 127.